The van der Waals surface area contributed by atoms with Crippen LogP contribution >= 0.6 is 7.82 Å². The van der Waals surface area contributed by atoms with E-state index >= 15 is 0 Å². The predicted molar refractivity (Wildman–Crippen MR) is 362 cm³/mol. The molecule has 0 aliphatic rings. The van der Waals surface area contributed by atoms with Crippen molar-refractivity contribution in [1.82, 2.24) is 0 Å². The van der Waals surface area contributed by atoms with Crippen LogP contribution in [0.2, 0.25) is 0 Å². The van der Waals surface area contributed by atoms with Crippen molar-refractivity contribution >= 4 is 19.8 Å². The minimum Gasteiger partial charge on any atom is -0.462 e. The summed E-state index contributed by atoms with van der Waals surface area (Å²) in [4.78, 5) is 35.8. The number of allylic oxidation sites excluding steroid dienone is 30. The SMILES string of the molecule is CC/C=C\C/C=C\C/C=C\C/C=C\C/C=C\C/C=C\C/C=C\C/C=C\C/C=C\CCCCCCCCCCCC(=O)OC(COC(=O)CCCCCC/C=C\C/C=C\C/C=C\C/C=C\C/C=C\C/C=C\CC)COP(=O)(O)OCC[N+](C)(C)C. The zero-order valence-corrected chi connectivity index (χ0v) is 54.4. The first-order chi connectivity index (χ1) is 41.0. The molecule has 84 heavy (non-hydrogen) atoms. The molecule has 0 rings (SSSR count). The summed E-state index contributed by atoms with van der Waals surface area (Å²) in [7, 11) is 1.43. The molecule has 0 amide bonds. The summed E-state index contributed by atoms with van der Waals surface area (Å²) < 4.78 is 34.6. The van der Waals surface area contributed by atoms with E-state index in [2.05, 4.69) is 196 Å². The molecule has 1 N–H and O–H groups in total. The molecule has 0 aliphatic carbocycles. The Morgan fingerprint density at radius 3 is 0.952 bits per heavy atom. The van der Waals surface area contributed by atoms with Crippen molar-refractivity contribution in [2.24, 2.45) is 0 Å². The monoisotopic (exact) mass is 1180 g/mol. The van der Waals surface area contributed by atoms with Gasteiger partial charge in [-0.1, -0.05) is 254 Å². The standard InChI is InChI=1S/C74H118NO8P/c1-6-8-10-12-14-16-18-20-22-24-26-28-30-31-32-33-34-35-36-37-38-39-40-41-42-43-45-47-49-51-53-55-57-59-61-63-65-67-74(77)83-72(71-82-84(78,79)81-69-68-75(3,4)5)70-80-73(76)66-64-62-60-58-56-54-52-50-48-46-44-29-27-25-23-21-19-17-15-13-11-9-7-2/h8-11,14-17,20-23,26-29,31-32,34-35,37-38,40-41,43,45-46,48,52,54,72H,6-7,12-13,18-19,24-25,30,33,36,39,42,44,47,49-51,53,55-71H2,1-5H3/p+1/b10-8-,11-9-,16-14-,17-15-,22-20-,23-21-,28-26-,29-27-,32-31-,35-34-,38-37-,41-40-,45-43-,48-46-,54-52-. The third-order valence-electron chi connectivity index (χ3n) is 12.9. The van der Waals surface area contributed by atoms with Gasteiger partial charge in [-0.3, -0.25) is 18.6 Å². The average molecular weight is 1180 g/mol. The van der Waals surface area contributed by atoms with Crippen LogP contribution in [0.4, 0.5) is 0 Å². The van der Waals surface area contributed by atoms with E-state index in [4.69, 9.17) is 18.5 Å². The van der Waals surface area contributed by atoms with Gasteiger partial charge in [-0.2, -0.15) is 0 Å². The van der Waals surface area contributed by atoms with Crippen LogP contribution in [0.3, 0.4) is 0 Å². The number of ether oxygens (including phenoxy) is 2. The van der Waals surface area contributed by atoms with Gasteiger partial charge in [0.2, 0.25) is 0 Å². The van der Waals surface area contributed by atoms with E-state index in [0.29, 0.717) is 23.9 Å². The fourth-order valence-electron chi connectivity index (χ4n) is 8.01. The van der Waals surface area contributed by atoms with E-state index in [9.17, 15) is 19.0 Å². The molecule has 0 fully saturated rings. The molecule has 2 unspecified atom stereocenters. The second kappa shape index (κ2) is 62.6. The summed E-state index contributed by atoms with van der Waals surface area (Å²) in [5.74, 6) is -0.848. The Kier molecular flexibility index (Phi) is 59.0. The smallest absolute Gasteiger partial charge is 0.462 e. The molecule has 0 heterocycles. The van der Waals surface area contributed by atoms with Gasteiger partial charge in [-0.25, -0.2) is 4.57 Å². The van der Waals surface area contributed by atoms with Crippen LogP contribution in [-0.4, -0.2) is 74.9 Å². The molecule has 10 heteroatoms. The van der Waals surface area contributed by atoms with Gasteiger partial charge in [0, 0.05) is 12.8 Å². The number of nitrogens with zero attached hydrogens (tertiary/aromatic N) is 1. The van der Waals surface area contributed by atoms with Crippen LogP contribution in [0.25, 0.3) is 0 Å². The van der Waals surface area contributed by atoms with Gasteiger partial charge in [0.05, 0.1) is 27.7 Å². The van der Waals surface area contributed by atoms with Crippen molar-refractivity contribution in [2.75, 3.05) is 47.5 Å². The minimum atomic E-state index is -4.41. The van der Waals surface area contributed by atoms with Gasteiger partial charge in [0.15, 0.2) is 6.10 Å². The fraction of sp³-hybridized carbons (Fsp3) is 0.568. The topological polar surface area (TPSA) is 108 Å². The fourth-order valence-corrected chi connectivity index (χ4v) is 8.75. The van der Waals surface area contributed by atoms with Crippen molar-refractivity contribution in [1.29, 1.82) is 0 Å². The Balaban J connectivity index is 4.21. The summed E-state index contributed by atoms with van der Waals surface area (Å²) in [6.45, 7) is 4.14. The summed E-state index contributed by atoms with van der Waals surface area (Å²) in [6.07, 6.45) is 96.9. The Morgan fingerprint density at radius 1 is 0.369 bits per heavy atom. The Hall–Kier alpha value is -4.89. The molecule has 0 aromatic carbocycles. The number of esters is 2. The Bertz CT molecular complexity index is 2070. The van der Waals surface area contributed by atoms with E-state index < -0.39 is 32.5 Å². The minimum absolute atomic E-state index is 0.0154. The molecular weight excluding hydrogens is 1060 g/mol. The van der Waals surface area contributed by atoms with E-state index in [1.54, 1.807) is 0 Å². The number of likely N-dealkylation sites (N-methyl/N-ethyl adjacent to an activating group) is 1. The maximum absolute atomic E-state index is 12.9. The quantitative estimate of drug-likeness (QED) is 0.0211. The molecule has 2 atom stereocenters. The third kappa shape index (κ3) is 66.3. The van der Waals surface area contributed by atoms with E-state index in [1.807, 2.05) is 21.1 Å². The van der Waals surface area contributed by atoms with E-state index in [0.717, 1.165) is 148 Å². The molecule has 0 saturated carbocycles. The second-order valence-corrected chi connectivity index (χ2v) is 23.5. The Morgan fingerprint density at radius 2 is 0.643 bits per heavy atom. The lowest BCUT2D eigenvalue weighted by Crippen LogP contribution is -2.37. The second-order valence-electron chi connectivity index (χ2n) is 22.0. The van der Waals surface area contributed by atoms with Gasteiger partial charge in [-0.15, -0.1) is 0 Å². The first kappa shape index (κ1) is 79.1. The first-order valence-electron chi connectivity index (χ1n) is 32.5. The van der Waals surface area contributed by atoms with Gasteiger partial charge in [0.1, 0.15) is 19.8 Å². The molecular formula is C74H119NO8P+. The largest absolute Gasteiger partial charge is 0.472 e. The molecule has 0 spiro atoms. The molecule has 0 saturated heterocycles. The number of hydrogen-bond acceptors (Lipinski definition) is 7. The van der Waals surface area contributed by atoms with E-state index in [-0.39, 0.29) is 26.1 Å². The summed E-state index contributed by atoms with van der Waals surface area (Å²) in [5.41, 5.74) is 0. The molecule has 9 nitrogen and oxygen atoms in total. The van der Waals surface area contributed by atoms with Crippen LogP contribution in [0.15, 0.2) is 182 Å². The lowest BCUT2D eigenvalue weighted by Gasteiger charge is -2.24. The third-order valence-corrected chi connectivity index (χ3v) is 13.9. The van der Waals surface area contributed by atoms with Crippen LogP contribution in [0.1, 0.15) is 219 Å². The van der Waals surface area contributed by atoms with Crippen LogP contribution < -0.4 is 0 Å². The number of quaternary nitrogens is 1. The highest BCUT2D eigenvalue weighted by Crippen LogP contribution is 2.43. The number of carbonyl (C=O) groups is 2. The number of phosphoric ester groups is 1. The molecule has 472 valence electrons. The summed E-state index contributed by atoms with van der Waals surface area (Å²) in [5, 5.41) is 0. The summed E-state index contributed by atoms with van der Waals surface area (Å²) in [6, 6.07) is 0. The molecule has 0 aliphatic heterocycles. The van der Waals surface area contributed by atoms with Gasteiger partial charge in [0.25, 0.3) is 0 Å². The van der Waals surface area contributed by atoms with Gasteiger partial charge in [-0.05, 0) is 135 Å². The number of phosphoric acid groups is 1. The number of rotatable bonds is 57. The number of hydrogen-bond donors (Lipinski definition) is 1. The highest BCUT2D eigenvalue weighted by molar-refractivity contribution is 7.47. The van der Waals surface area contributed by atoms with Crippen molar-refractivity contribution in [2.45, 2.75) is 225 Å². The van der Waals surface area contributed by atoms with Gasteiger partial charge < -0.3 is 18.9 Å². The highest BCUT2D eigenvalue weighted by Gasteiger charge is 2.27. The van der Waals surface area contributed by atoms with Gasteiger partial charge >= 0.3 is 19.8 Å². The van der Waals surface area contributed by atoms with Crippen molar-refractivity contribution in [3.63, 3.8) is 0 Å². The average Bonchev–Trinajstić information content (AvgIpc) is 3.61. The van der Waals surface area contributed by atoms with Crippen molar-refractivity contribution in [3.8, 4) is 0 Å². The molecule has 0 aromatic rings. The van der Waals surface area contributed by atoms with E-state index in [1.165, 1.54) is 32.1 Å². The normalized spacial score (nSPS) is 14.4. The van der Waals surface area contributed by atoms with Crippen LogP contribution in [-0.2, 0) is 32.7 Å². The van der Waals surface area contributed by atoms with Crippen LogP contribution in [0.5, 0.6) is 0 Å². The zero-order chi connectivity index (χ0) is 61.2. The first-order valence-corrected chi connectivity index (χ1v) is 34.0. The number of carbonyl (C=O) groups excluding carboxylic acids is 2. The lowest BCUT2D eigenvalue weighted by atomic mass is 10.1. The molecule has 0 bridgehead atoms. The summed E-state index contributed by atoms with van der Waals surface area (Å²) >= 11 is 0. The molecule has 0 radical (unpaired) electrons. The van der Waals surface area contributed by atoms with Crippen molar-refractivity contribution in [3.05, 3.63) is 182 Å². The molecule has 0 aromatic heterocycles. The predicted octanol–water partition coefficient (Wildman–Crippen LogP) is 21.1. The lowest BCUT2D eigenvalue weighted by molar-refractivity contribution is -0.870. The van der Waals surface area contributed by atoms with Crippen LogP contribution in [0, 0.1) is 0 Å². The highest BCUT2D eigenvalue weighted by atomic mass is 31.2. The Labute approximate surface area is 514 Å². The maximum atomic E-state index is 12.9. The number of unbranched alkanes of at least 4 members (excludes halogenated alkanes) is 13. The van der Waals surface area contributed by atoms with Crippen molar-refractivity contribution < 1.29 is 42.1 Å². The zero-order valence-electron chi connectivity index (χ0n) is 53.6. The maximum Gasteiger partial charge on any atom is 0.472 e.